The minimum absolute atomic E-state index is 0.477. The van der Waals surface area contributed by atoms with Gasteiger partial charge in [0.25, 0.3) is 0 Å². The molecular weight excluding hydrogens is 198 g/mol. The molecular formula is C14H17NO. The first-order chi connectivity index (χ1) is 7.81. The Morgan fingerprint density at radius 1 is 1.44 bits per heavy atom. The molecule has 0 amide bonds. The van der Waals surface area contributed by atoms with Crippen molar-refractivity contribution in [3.63, 3.8) is 0 Å². The van der Waals surface area contributed by atoms with E-state index >= 15 is 0 Å². The van der Waals surface area contributed by atoms with Crippen LogP contribution in [0.15, 0.2) is 36.0 Å². The number of fused-ring (bicyclic) bond motifs is 1. The first-order valence-electron chi connectivity index (χ1n) is 5.71. The molecule has 2 heteroatoms. The lowest BCUT2D eigenvalue weighted by Gasteiger charge is -2.17. The molecule has 0 aliphatic heterocycles. The molecule has 0 bridgehead atoms. The van der Waals surface area contributed by atoms with Gasteiger partial charge in [-0.05, 0) is 31.7 Å². The largest absolute Gasteiger partial charge is 0.391 e. The van der Waals surface area contributed by atoms with Crippen molar-refractivity contribution in [1.82, 2.24) is 0 Å². The van der Waals surface area contributed by atoms with E-state index in [0.29, 0.717) is 6.61 Å². The Labute approximate surface area is 96.6 Å². The third kappa shape index (κ3) is 2.32. The van der Waals surface area contributed by atoms with E-state index in [1.165, 1.54) is 16.7 Å². The Kier molecular flexibility index (Phi) is 3.40. The quantitative estimate of drug-likeness (QED) is 0.431. The molecule has 0 heterocycles. The molecule has 1 aliphatic rings. The maximum absolute atomic E-state index is 5.18. The molecule has 0 fully saturated rings. The van der Waals surface area contributed by atoms with Crippen molar-refractivity contribution in [1.29, 1.82) is 0 Å². The number of rotatable bonds is 3. The molecule has 0 atom stereocenters. The zero-order chi connectivity index (χ0) is 11.4. The van der Waals surface area contributed by atoms with Crippen LogP contribution >= 0.6 is 0 Å². The topological polar surface area (TPSA) is 21.6 Å². The van der Waals surface area contributed by atoms with E-state index in [-0.39, 0.29) is 0 Å². The van der Waals surface area contributed by atoms with Crippen molar-refractivity contribution in [2.45, 2.75) is 26.2 Å². The van der Waals surface area contributed by atoms with E-state index < -0.39 is 0 Å². The summed E-state index contributed by atoms with van der Waals surface area (Å²) in [6.07, 6.45) is 5.03. The third-order valence-corrected chi connectivity index (χ3v) is 2.80. The van der Waals surface area contributed by atoms with Crippen LogP contribution in [-0.4, -0.2) is 12.3 Å². The van der Waals surface area contributed by atoms with Crippen molar-refractivity contribution in [2.75, 3.05) is 6.61 Å². The van der Waals surface area contributed by atoms with Gasteiger partial charge in [-0.1, -0.05) is 41.6 Å². The highest BCUT2D eigenvalue weighted by Crippen LogP contribution is 2.22. The zero-order valence-electron chi connectivity index (χ0n) is 9.70. The Morgan fingerprint density at radius 3 is 3.12 bits per heavy atom. The van der Waals surface area contributed by atoms with E-state index in [1.54, 1.807) is 6.08 Å². The second-order valence-electron chi connectivity index (χ2n) is 4.14. The predicted molar refractivity (Wildman–Crippen MR) is 66.8 cm³/mol. The number of oxime groups is 1. The number of aryl methyl sites for hydroxylation is 2. The molecule has 0 spiro atoms. The molecule has 84 valence electrons. The number of hydrogen-bond donors (Lipinski definition) is 0. The summed E-state index contributed by atoms with van der Waals surface area (Å²) in [6.45, 7) is 6.21. The van der Waals surface area contributed by atoms with Crippen molar-refractivity contribution >= 4 is 5.71 Å². The van der Waals surface area contributed by atoms with Crippen molar-refractivity contribution in [3.8, 4) is 0 Å². The van der Waals surface area contributed by atoms with Gasteiger partial charge in [0.2, 0.25) is 0 Å². The summed E-state index contributed by atoms with van der Waals surface area (Å²) >= 11 is 0. The fourth-order valence-electron chi connectivity index (χ4n) is 2.05. The molecule has 0 saturated heterocycles. The molecule has 1 aromatic rings. The summed E-state index contributed by atoms with van der Waals surface area (Å²) in [4.78, 5) is 5.18. The van der Waals surface area contributed by atoms with Crippen LogP contribution < -0.4 is 0 Å². The fraction of sp³-hybridized carbons (Fsp3) is 0.357. The lowest BCUT2D eigenvalue weighted by Crippen LogP contribution is -2.12. The normalized spacial score (nSPS) is 16.9. The SMILES string of the molecule is C=CCON=C1CCCc2cc(C)ccc21. The molecule has 1 aliphatic carbocycles. The predicted octanol–water partition coefficient (Wildman–Crippen LogP) is 3.24. The van der Waals surface area contributed by atoms with Crippen LogP contribution in [0.2, 0.25) is 0 Å². The van der Waals surface area contributed by atoms with Gasteiger partial charge in [0.15, 0.2) is 0 Å². The Morgan fingerprint density at radius 2 is 2.31 bits per heavy atom. The number of hydrogen-bond acceptors (Lipinski definition) is 2. The fourth-order valence-corrected chi connectivity index (χ4v) is 2.05. The maximum Gasteiger partial charge on any atom is 0.135 e. The second kappa shape index (κ2) is 4.97. The molecule has 0 N–H and O–H groups in total. The molecule has 1 aromatic carbocycles. The molecule has 16 heavy (non-hydrogen) atoms. The van der Waals surface area contributed by atoms with Crippen LogP contribution in [0.3, 0.4) is 0 Å². The minimum atomic E-state index is 0.477. The molecule has 0 saturated carbocycles. The monoisotopic (exact) mass is 215 g/mol. The van der Waals surface area contributed by atoms with Gasteiger partial charge in [-0.25, -0.2) is 0 Å². The third-order valence-electron chi connectivity index (χ3n) is 2.80. The molecule has 0 unspecified atom stereocenters. The van der Waals surface area contributed by atoms with Gasteiger partial charge in [0.05, 0.1) is 5.71 Å². The summed E-state index contributed by atoms with van der Waals surface area (Å²) in [6, 6.07) is 6.53. The van der Waals surface area contributed by atoms with Crippen LogP contribution in [0.25, 0.3) is 0 Å². The van der Waals surface area contributed by atoms with Crippen LogP contribution in [-0.2, 0) is 11.3 Å². The van der Waals surface area contributed by atoms with Crippen LogP contribution in [0.1, 0.15) is 29.5 Å². The van der Waals surface area contributed by atoms with E-state index in [4.69, 9.17) is 4.84 Å². The second-order valence-corrected chi connectivity index (χ2v) is 4.14. The minimum Gasteiger partial charge on any atom is -0.391 e. The highest BCUT2D eigenvalue weighted by molar-refractivity contribution is 6.02. The Balaban J connectivity index is 2.25. The lowest BCUT2D eigenvalue weighted by atomic mass is 9.89. The van der Waals surface area contributed by atoms with Gasteiger partial charge in [-0.2, -0.15) is 0 Å². The molecule has 0 radical (unpaired) electrons. The zero-order valence-corrected chi connectivity index (χ0v) is 9.70. The maximum atomic E-state index is 5.18. The van der Waals surface area contributed by atoms with Gasteiger partial charge in [0.1, 0.15) is 6.61 Å². The van der Waals surface area contributed by atoms with E-state index in [9.17, 15) is 0 Å². The number of benzene rings is 1. The average Bonchev–Trinajstić information content (AvgIpc) is 2.29. The van der Waals surface area contributed by atoms with Crippen LogP contribution in [0, 0.1) is 6.92 Å². The number of nitrogens with zero attached hydrogens (tertiary/aromatic N) is 1. The van der Waals surface area contributed by atoms with Crippen molar-refractivity contribution < 1.29 is 4.84 Å². The van der Waals surface area contributed by atoms with Crippen molar-refractivity contribution in [3.05, 3.63) is 47.5 Å². The van der Waals surface area contributed by atoms with Gasteiger partial charge >= 0.3 is 0 Å². The highest BCUT2D eigenvalue weighted by atomic mass is 16.6. The molecule has 2 nitrogen and oxygen atoms in total. The lowest BCUT2D eigenvalue weighted by molar-refractivity contribution is 0.174. The van der Waals surface area contributed by atoms with E-state index in [0.717, 1.165) is 25.0 Å². The Hall–Kier alpha value is -1.57. The standard InChI is InChI=1S/C14H17NO/c1-3-9-16-15-14-6-4-5-12-10-11(2)7-8-13(12)14/h3,7-8,10H,1,4-6,9H2,2H3. The van der Waals surface area contributed by atoms with Crippen molar-refractivity contribution in [2.24, 2.45) is 5.16 Å². The Bertz CT molecular complexity index is 421. The highest BCUT2D eigenvalue weighted by Gasteiger charge is 2.15. The first kappa shape index (κ1) is 10.9. The van der Waals surface area contributed by atoms with E-state index in [2.05, 4.69) is 36.9 Å². The summed E-state index contributed by atoms with van der Waals surface area (Å²) in [5.41, 5.74) is 5.03. The summed E-state index contributed by atoms with van der Waals surface area (Å²) < 4.78 is 0. The van der Waals surface area contributed by atoms with Gasteiger partial charge in [-0.15, -0.1) is 0 Å². The smallest absolute Gasteiger partial charge is 0.135 e. The first-order valence-corrected chi connectivity index (χ1v) is 5.71. The summed E-state index contributed by atoms with van der Waals surface area (Å²) in [5, 5.41) is 4.19. The molecule has 0 aromatic heterocycles. The average molecular weight is 215 g/mol. The van der Waals surface area contributed by atoms with Gasteiger partial charge < -0.3 is 4.84 Å². The van der Waals surface area contributed by atoms with Crippen LogP contribution in [0.5, 0.6) is 0 Å². The molecule has 2 rings (SSSR count). The van der Waals surface area contributed by atoms with Gasteiger partial charge in [-0.3, -0.25) is 0 Å². The summed E-state index contributed by atoms with van der Waals surface area (Å²) in [7, 11) is 0. The van der Waals surface area contributed by atoms with Crippen LogP contribution in [0.4, 0.5) is 0 Å². The summed E-state index contributed by atoms with van der Waals surface area (Å²) in [5.74, 6) is 0. The van der Waals surface area contributed by atoms with E-state index in [1.807, 2.05) is 0 Å². The van der Waals surface area contributed by atoms with Gasteiger partial charge in [0, 0.05) is 5.56 Å².